The highest BCUT2D eigenvalue weighted by Gasteiger charge is 2.32. The molecule has 0 unspecified atom stereocenters. The van der Waals surface area contributed by atoms with Gasteiger partial charge in [0.1, 0.15) is 0 Å². The van der Waals surface area contributed by atoms with Crippen LogP contribution in [0.2, 0.25) is 0 Å². The molecule has 1 fully saturated rings. The third-order valence-corrected chi connectivity index (χ3v) is 4.39. The lowest BCUT2D eigenvalue weighted by Crippen LogP contribution is -2.43. The van der Waals surface area contributed by atoms with Crippen LogP contribution >= 0.6 is 0 Å². The molecule has 148 valence electrons. The standard InChI is InChI=1S/C17H19F3N2O5/c18-17(19,20)9-25-16(24)22-5-3-12(4-6-22)15(23)21-8-11-1-2-13-14(7-11)27-10-26-13/h1-2,7,12H,3-6,8-10H2,(H,21,23). The second-order valence-corrected chi connectivity index (χ2v) is 6.34. The van der Waals surface area contributed by atoms with Gasteiger partial charge in [0.15, 0.2) is 18.1 Å². The Balaban J connectivity index is 1.41. The van der Waals surface area contributed by atoms with Crippen molar-refractivity contribution in [3.05, 3.63) is 23.8 Å². The minimum absolute atomic E-state index is 0.157. The van der Waals surface area contributed by atoms with E-state index in [0.29, 0.717) is 30.9 Å². The number of alkyl halides is 3. The number of rotatable bonds is 4. The summed E-state index contributed by atoms with van der Waals surface area (Å²) in [5, 5.41) is 2.83. The second-order valence-electron chi connectivity index (χ2n) is 6.34. The Labute approximate surface area is 153 Å². The molecule has 2 aliphatic rings. The Morgan fingerprint density at radius 1 is 1.19 bits per heavy atom. The molecule has 0 atom stereocenters. The molecule has 27 heavy (non-hydrogen) atoms. The molecule has 2 heterocycles. The zero-order valence-electron chi connectivity index (χ0n) is 14.4. The Hall–Kier alpha value is -2.65. The summed E-state index contributed by atoms with van der Waals surface area (Å²) in [6, 6.07) is 5.39. The fourth-order valence-electron chi connectivity index (χ4n) is 2.94. The van der Waals surface area contributed by atoms with E-state index in [2.05, 4.69) is 10.1 Å². The van der Waals surface area contributed by atoms with E-state index in [1.54, 1.807) is 12.1 Å². The molecule has 2 aliphatic heterocycles. The van der Waals surface area contributed by atoms with Crippen molar-refractivity contribution in [2.45, 2.75) is 25.6 Å². The summed E-state index contributed by atoms with van der Waals surface area (Å²) in [7, 11) is 0. The first kappa shape index (κ1) is 19.1. The van der Waals surface area contributed by atoms with Crippen molar-refractivity contribution >= 4 is 12.0 Å². The number of amides is 2. The van der Waals surface area contributed by atoms with Crippen LogP contribution in [0.1, 0.15) is 18.4 Å². The van der Waals surface area contributed by atoms with Crippen LogP contribution < -0.4 is 14.8 Å². The highest BCUT2D eigenvalue weighted by Crippen LogP contribution is 2.32. The summed E-state index contributed by atoms with van der Waals surface area (Å²) in [6.45, 7) is -0.752. The van der Waals surface area contributed by atoms with Gasteiger partial charge in [0, 0.05) is 25.6 Å². The molecule has 2 amide bonds. The number of ether oxygens (including phenoxy) is 3. The number of hydrogen-bond acceptors (Lipinski definition) is 5. The minimum Gasteiger partial charge on any atom is -0.454 e. The van der Waals surface area contributed by atoms with Crippen molar-refractivity contribution in [3.63, 3.8) is 0 Å². The van der Waals surface area contributed by atoms with Crippen molar-refractivity contribution in [3.8, 4) is 11.5 Å². The molecular weight excluding hydrogens is 369 g/mol. The minimum atomic E-state index is -4.55. The first-order valence-corrected chi connectivity index (χ1v) is 8.46. The molecule has 0 bridgehead atoms. The van der Waals surface area contributed by atoms with Gasteiger partial charge in [0.2, 0.25) is 12.7 Å². The highest BCUT2D eigenvalue weighted by atomic mass is 19.4. The van der Waals surface area contributed by atoms with Gasteiger partial charge >= 0.3 is 12.3 Å². The monoisotopic (exact) mass is 388 g/mol. The van der Waals surface area contributed by atoms with Crippen molar-refractivity contribution < 1.29 is 37.0 Å². The van der Waals surface area contributed by atoms with E-state index in [-0.39, 0.29) is 31.7 Å². The summed E-state index contributed by atoms with van der Waals surface area (Å²) >= 11 is 0. The van der Waals surface area contributed by atoms with Gasteiger partial charge in [-0.3, -0.25) is 4.79 Å². The Morgan fingerprint density at radius 3 is 2.59 bits per heavy atom. The fraction of sp³-hybridized carbons (Fsp3) is 0.529. The molecule has 0 aromatic heterocycles. The summed E-state index contributed by atoms with van der Waals surface area (Å²) in [6.07, 6.45) is -4.82. The van der Waals surface area contributed by atoms with Gasteiger partial charge in [-0.15, -0.1) is 0 Å². The van der Waals surface area contributed by atoms with Crippen molar-refractivity contribution in [2.24, 2.45) is 5.92 Å². The maximum absolute atomic E-state index is 12.3. The Morgan fingerprint density at radius 2 is 1.89 bits per heavy atom. The molecule has 1 aromatic rings. The Bertz CT molecular complexity index is 702. The predicted octanol–water partition coefficient (Wildman–Crippen LogP) is 2.44. The lowest BCUT2D eigenvalue weighted by Gasteiger charge is -2.30. The van der Waals surface area contributed by atoms with E-state index in [1.165, 1.54) is 4.90 Å². The average Bonchev–Trinajstić information content (AvgIpc) is 3.11. The van der Waals surface area contributed by atoms with Crippen LogP contribution in [0.5, 0.6) is 11.5 Å². The molecule has 1 saturated heterocycles. The summed E-state index contributed by atoms with van der Waals surface area (Å²) in [5.74, 6) is 0.837. The number of benzene rings is 1. The molecule has 0 radical (unpaired) electrons. The van der Waals surface area contributed by atoms with Crippen LogP contribution in [0.25, 0.3) is 0 Å². The first-order valence-electron chi connectivity index (χ1n) is 8.46. The van der Waals surface area contributed by atoms with E-state index >= 15 is 0 Å². The molecule has 0 saturated carbocycles. The third kappa shape index (κ3) is 5.18. The van der Waals surface area contributed by atoms with Gasteiger partial charge in [-0.05, 0) is 30.5 Å². The van der Waals surface area contributed by atoms with E-state index < -0.39 is 18.9 Å². The molecule has 7 nitrogen and oxygen atoms in total. The van der Waals surface area contributed by atoms with Gasteiger partial charge in [-0.25, -0.2) is 4.79 Å². The SMILES string of the molecule is O=C(NCc1ccc2c(c1)OCO2)C1CCN(C(=O)OCC(F)(F)F)CC1. The number of carbonyl (C=O) groups excluding carboxylic acids is 2. The number of carbonyl (C=O) groups is 2. The molecular formula is C17H19F3N2O5. The largest absolute Gasteiger partial charge is 0.454 e. The maximum atomic E-state index is 12.3. The molecule has 3 rings (SSSR count). The number of piperidine rings is 1. The van der Waals surface area contributed by atoms with Gasteiger partial charge in [0.05, 0.1) is 0 Å². The molecule has 10 heteroatoms. The van der Waals surface area contributed by atoms with Gasteiger partial charge in [-0.1, -0.05) is 6.07 Å². The van der Waals surface area contributed by atoms with E-state index in [4.69, 9.17) is 9.47 Å². The van der Waals surface area contributed by atoms with Crippen LogP contribution in [-0.2, 0) is 16.1 Å². The third-order valence-electron chi connectivity index (χ3n) is 4.39. The summed E-state index contributed by atoms with van der Waals surface area (Å²) < 4.78 is 51.0. The number of nitrogens with zero attached hydrogens (tertiary/aromatic N) is 1. The van der Waals surface area contributed by atoms with Crippen molar-refractivity contribution in [1.29, 1.82) is 0 Å². The normalized spacial score (nSPS) is 16.9. The zero-order valence-corrected chi connectivity index (χ0v) is 14.4. The van der Waals surface area contributed by atoms with Crippen molar-refractivity contribution in [2.75, 3.05) is 26.5 Å². The van der Waals surface area contributed by atoms with Crippen LogP contribution in [0.4, 0.5) is 18.0 Å². The summed E-state index contributed by atoms with van der Waals surface area (Å²) in [5.41, 5.74) is 0.862. The first-order chi connectivity index (χ1) is 12.8. The van der Waals surface area contributed by atoms with E-state index in [1.807, 2.05) is 6.07 Å². The number of nitrogens with one attached hydrogen (secondary N) is 1. The molecule has 1 N–H and O–H groups in total. The molecule has 0 spiro atoms. The number of likely N-dealkylation sites (tertiary alicyclic amines) is 1. The second kappa shape index (κ2) is 7.93. The van der Waals surface area contributed by atoms with Gasteiger partial charge < -0.3 is 24.4 Å². The van der Waals surface area contributed by atoms with Crippen LogP contribution in [0.3, 0.4) is 0 Å². The molecule has 0 aliphatic carbocycles. The number of hydrogen-bond donors (Lipinski definition) is 1. The van der Waals surface area contributed by atoms with E-state index in [9.17, 15) is 22.8 Å². The number of fused-ring (bicyclic) bond motifs is 1. The van der Waals surface area contributed by atoms with Gasteiger partial charge in [-0.2, -0.15) is 13.2 Å². The van der Waals surface area contributed by atoms with Crippen molar-refractivity contribution in [1.82, 2.24) is 10.2 Å². The van der Waals surface area contributed by atoms with Gasteiger partial charge in [0.25, 0.3) is 0 Å². The van der Waals surface area contributed by atoms with Crippen LogP contribution in [-0.4, -0.2) is 49.6 Å². The highest BCUT2D eigenvalue weighted by molar-refractivity contribution is 5.79. The number of halogens is 3. The lowest BCUT2D eigenvalue weighted by molar-refractivity contribution is -0.162. The van der Waals surface area contributed by atoms with E-state index in [0.717, 1.165) is 5.56 Å². The Kier molecular flexibility index (Phi) is 5.62. The summed E-state index contributed by atoms with van der Waals surface area (Å²) in [4.78, 5) is 25.1. The van der Waals surface area contributed by atoms with Crippen LogP contribution in [0.15, 0.2) is 18.2 Å². The quantitative estimate of drug-likeness (QED) is 0.858. The topological polar surface area (TPSA) is 77.1 Å². The predicted molar refractivity (Wildman–Crippen MR) is 86.1 cm³/mol. The molecule has 1 aromatic carbocycles. The zero-order chi connectivity index (χ0) is 19.4. The fourth-order valence-corrected chi connectivity index (χ4v) is 2.94. The average molecular weight is 388 g/mol. The smallest absolute Gasteiger partial charge is 0.422 e. The van der Waals surface area contributed by atoms with Crippen LogP contribution in [0, 0.1) is 5.92 Å². The lowest BCUT2D eigenvalue weighted by atomic mass is 9.96. The maximum Gasteiger partial charge on any atom is 0.422 e.